The molecule has 3 fully saturated rings. The number of ether oxygens (including phenoxy) is 1. The van der Waals surface area contributed by atoms with E-state index in [0.717, 1.165) is 55.7 Å². The van der Waals surface area contributed by atoms with E-state index in [1.54, 1.807) is 6.07 Å². The summed E-state index contributed by atoms with van der Waals surface area (Å²) < 4.78 is 5.77. The number of aromatic hydroxyl groups is 2. The first-order chi connectivity index (χ1) is 16.6. The molecule has 1 aromatic carbocycles. The van der Waals surface area contributed by atoms with Gasteiger partial charge in [-0.25, -0.2) is 0 Å². The van der Waals surface area contributed by atoms with Crippen LogP contribution >= 0.6 is 0 Å². The maximum Gasteiger partial charge on any atom is 0.312 e. The van der Waals surface area contributed by atoms with Gasteiger partial charge in [-0.2, -0.15) is 0 Å². The van der Waals surface area contributed by atoms with Crippen LogP contribution in [-0.2, 0) is 14.9 Å². The van der Waals surface area contributed by atoms with Crippen molar-refractivity contribution in [3.63, 3.8) is 0 Å². The van der Waals surface area contributed by atoms with Crippen LogP contribution in [0.5, 0.6) is 11.5 Å². The molecule has 1 aromatic rings. The van der Waals surface area contributed by atoms with Gasteiger partial charge >= 0.3 is 5.97 Å². The number of benzene rings is 1. The van der Waals surface area contributed by atoms with Crippen molar-refractivity contribution < 1.29 is 19.7 Å². The SMILES string of the molecule is C=c1c(O)c(O)cc2c1=CC=C1[C@@]2(C)CC[C@@]2(C)[C@@H]3C[C@](C)(C(=O)OC(C)C)CC[C@]3(C)CC[C@]12C. The molecule has 0 spiro atoms. The Bertz CT molecular complexity index is 1280. The van der Waals surface area contributed by atoms with Crippen molar-refractivity contribution >= 4 is 18.6 Å². The lowest BCUT2D eigenvalue weighted by Crippen LogP contribution is -2.63. The van der Waals surface area contributed by atoms with Crippen LogP contribution in [0.15, 0.2) is 17.7 Å². The van der Waals surface area contributed by atoms with Crippen molar-refractivity contribution in [1.82, 2.24) is 0 Å². The normalized spacial score (nSPS) is 41.2. The minimum Gasteiger partial charge on any atom is -0.504 e. The lowest BCUT2D eigenvalue weighted by atomic mass is 9.35. The Balaban J connectivity index is 1.61. The summed E-state index contributed by atoms with van der Waals surface area (Å²) in [4.78, 5) is 13.3. The average Bonchev–Trinajstić information content (AvgIpc) is 2.80. The predicted molar refractivity (Wildman–Crippen MR) is 144 cm³/mol. The number of hydrogen-bond donors (Lipinski definition) is 2. The van der Waals surface area contributed by atoms with E-state index in [-0.39, 0.29) is 45.2 Å². The molecule has 0 radical (unpaired) electrons. The van der Waals surface area contributed by atoms with E-state index in [1.807, 2.05) is 13.8 Å². The summed E-state index contributed by atoms with van der Waals surface area (Å²) in [5.74, 6) is 0.177. The molecule has 0 saturated heterocycles. The van der Waals surface area contributed by atoms with Crippen LogP contribution in [0.4, 0.5) is 0 Å². The fraction of sp³-hybridized carbons (Fsp3) is 0.656. The summed E-state index contributed by atoms with van der Waals surface area (Å²) in [6.45, 7) is 19.8. The third-order valence-electron chi connectivity index (χ3n) is 11.6. The number of phenols is 2. The van der Waals surface area contributed by atoms with E-state index in [1.165, 1.54) is 5.57 Å². The van der Waals surface area contributed by atoms with Crippen molar-refractivity contribution in [3.8, 4) is 11.5 Å². The van der Waals surface area contributed by atoms with E-state index < -0.39 is 5.41 Å². The molecule has 5 rings (SSSR count). The standard InChI is InChI=1S/C32H44O4/c1-19(2)36-27(35)29(5)12-11-28(4)13-15-31(7)24-10-9-21-20(3)26(34)23(33)17-22(21)30(24,6)14-16-32(31,8)25(28)18-29/h9-10,17,19,25,33-34H,3,11-16,18H2,1-2,4-8H3/t25-,28-,29-,30+,31-,32+/m1/s1. The molecule has 0 aromatic heterocycles. The number of esters is 1. The average molecular weight is 493 g/mol. The second-order valence-corrected chi connectivity index (χ2v) is 13.9. The molecular weight excluding hydrogens is 448 g/mol. The number of hydrogen-bond acceptors (Lipinski definition) is 4. The van der Waals surface area contributed by atoms with Crippen molar-refractivity contribution in [2.75, 3.05) is 0 Å². The molecule has 4 heteroatoms. The molecule has 4 aliphatic rings. The summed E-state index contributed by atoms with van der Waals surface area (Å²) in [6, 6.07) is 1.77. The van der Waals surface area contributed by atoms with Gasteiger partial charge in [0.25, 0.3) is 0 Å². The van der Waals surface area contributed by atoms with Crippen LogP contribution in [0, 0.1) is 27.6 Å². The summed E-state index contributed by atoms with van der Waals surface area (Å²) in [5, 5.41) is 22.3. The van der Waals surface area contributed by atoms with Crippen LogP contribution in [0.2, 0.25) is 0 Å². The van der Waals surface area contributed by atoms with E-state index in [2.05, 4.69) is 53.3 Å². The highest BCUT2D eigenvalue weighted by Gasteiger charge is 2.67. The fourth-order valence-corrected chi connectivity index (χ4v) is 8.91. The third kappa shape index (κ3) is 3.15. The minimum absolute atomic E-state index is 0.0338. The number of allylic oxidation sites excluding steroid dienone is 2. The quantitative estimate of drug-likeness (QED) is 0.401. The number of carbonyl (C=O) groups excluding carboxylic acids is 1. The van der Waals surface area contributed by atoms with Crippen LogP contribution in [0.25, 0.3) is 12.7 Å². The minimum atomic E-state index is -0.442. The zero-order valence-corrected chi connectivity index (χ0v) is 23.3. The van der Waals surface area contributed by atoms with Gasteiger partial charge in [0.15, 0.2) is 11.5 Å². The van der Waals surface area contributed by atoms with E-state index in [0.29, 0.717) is 11.1 Å². The first-order valence-electron chi connectivity index (χ1n) is 13.8. The topological polar surface area (TPSA) is 66.8 Å². The Morgan fingerprint density at radius 1 is 1.00 bits per heavy atom. The van der Waals surface area contributed by atoms with Crippen LogP contribution in [-0.4, -0.2) is 22.3 Å². The van der Waals surface area contributed by atoms with Crippen molar-refractivity contribution in [2.24, 2.45) is 27.6 Å². The van der Waals surface area contributed by atoms with Crippen LogP contribution < -0.4 is 10.4 Å². The van der Waals surface area contributed by atoms with Gasteiger partial charge in [-0.05, 0) is 105 Å². The third-order valence-corrected chi connectivity index (χ3v) is 11.6. The van der Waals surface area contributed by atoms with Gasteiger partial charge in [0.05, 0.1) is 11.5 Å². The summed E-state index contributed by atoms with van der Waals surface area (Å²) in [6.07, 6.45) is 11.4. The Kier molecular flexibility index (Phi) is 5.40. The second-order valence-electron chi connectivity index (χ2n) is 13.9. The van der Waals surface area contributed by atoms with E-state index in [4.69, 9.17) is 4.74 Å². The fourth-order valence-electron chi connectivity index (χ4n) is 8.91. The van der Waals surface area contributed by atoms with Crippen molar-refractivity contribution in [2.45, 2.75) is 105 Å². The molecule has 4 nitrogen and oxygen atoms in total. The van der Waals surface area contributed by atoms with Gasteiger partial charge < -0.3 is 14.9 Å². The molecular formula is C32H44O4. The molecule has 0 heterocycles. The largest absolute Gasteiger partial charge is 0.504 e. The first-order valence-corrected chi connectivity index (χ1v) is 13.8. The lowest BCUT2D eigenvalue weighted by molar-refractivity contribution is -0.183. The van der Waals surface area contributed by atoms with Gasteiger partial charge in [0, 0.05) is 10.6 Å². The zero-order chi connectivity index (χ0) is 26.5. The lowest BCUT2D eigenvalue weighted by Gasteiger charge is -2.69. The molecule has 3 saturated carbocycles. The molecule has 4 aliphatic carbocycles. The monoisotopic (exact) mass is 492 g/mol. The molecule has 0 aliphatic heterocycles. The molecule has 2 N–H and O–H groups in total. The first kappa shape index (κ1) is 25.4. The molecule has 0 unspecified atom stereocenters. The number of fused-ring (bicyclic) bond motifs is 7. The summed E-state index contributed by atoms with van der Waals surface area (Å²) >= 11 is 0. The van der Waals surface area contributed by atoms with E-state index in [9.17, 15) is 15.0 Å². The summed E-state index contributed by atoms with van der Waals surface area (Å²) in [5.41, 5.74) is 2.07. The van der Waals surface area contributed by atoms with E-state index >= 15 is 0 Å². The molecule has 0 bridgehead atoms. The Labute approximate surface area is 216 Å². The predicted octanol–water partition coefficient (Wildman–Crippen LogP) is 5.85. The van der Waals surface area contributed by atoms with Crippen molar-refractivity contribution in [1.29, 1.82) is 0 Å². The highest BCUT2D eigenvalue weighted by Crippen LogP contribution is 2.74. The van der Waals surface area contributed by atoms with Crippen LogP contribution in [0.3, 0.4) is 0 Å². The van der Waals surface area contributed by atoms with Crippen molar-refractivity contribution in [3.05, 3.63) is 33.7 Å². The van der Waals surface area contributed by atoms with Gasteiger partial charge in [0.2, 0.25) is 0 Å². The zero-order valence-electron chi connectivity index (χ0n) is 23.3. The highest BCUT2D eigenvalue weighted by molar-refractivity contribution is 5.77. The summed E-state index contributed by atoms with van der Waals surface area (Å²) in [7, 11) is 0. The van der Waals surface area contributed by atoms with Gasteiger partial charge in [-0.15, -0.1) is 0 Å². The number of rotatable bonds is 2. The smallest absolute Gasteiger partial charge is 0.312 e. The number of phenolic OH excluding ortho intramolecular Hbond substituents is 2. The van der Waals surface area contributed by atoms with Crippen LogP contribution in [0.1, 0.15) is 99.0 Å². The molecule has 0 amide bonds. The Hall–Kier alpha value is -2.23. The maximum absolute atomic E-state index is 13.3. The second kappa shape index (κ2) is 7.65. The Morgan fingerprint density at radius 2 is 1.67 bits per heavy atom. The number of carbonyl (C=O) groups is 1. The molecule has 6 atom stereocenters. The molecule has 196 valence electrons. The van der Waals surface area contributed by atoms with Gasteiger partial charge in [-0.1, -0.05) is 52.0 Å². The maximum atomic E-state index is 13.3. The van der Waals surface area contributed by atoms with Gasteiger partial charge in [0.1, 0.15) is 0 Å². The Morgan fingerprint density at radius 3 is 2.33 bits per heavy atom. The molecule has 36 heavy (non-hydrogen) atoms. The van der Waals surface area contributed by atoms with Gasteiger partial charge in [-0.3, -0.25) is 4.79 Å². The highest BCUT2D eigenvalue weighted by atomic mass is 16.5.